The Morgan fingerprint density at radius 3 is 1.77 bits per heavy atom. The molecule has 1 aromatic rings. The second-order valence-electron chi connectivity index (χ2n) is 17.0. The lowest BCUT2D eigenvalue weighted by molar-refractivity contribution is -0.148. The highest BCUT2D eigenvalue weighted by atomic mass is 16.5. The van der Waals surface area contributed by atoms with Crippen LogP contribution in [0.15, 0.2) is 66.8 Å². The zero-order valence-corrected chi connectivity index (χ0v) is 34.3. The predicted octanol–water partition coefficient (Wildman–Crippen LogP) is 12.2. The van der Waals surface area contributed by atoms with Gasteiger partial charge < -0.3 is 4.74 Å². The zero-order valence-electron chi connectivity index (χ0n) is 34.3. The lowest BCUT2D eigenvalue weighted by atomic mass is 9.64. The van der Waals surface area contributed by atoms with Gasteiger partial charge in [-0.3, -0.25) is 19.2 Å². The third-order valence-corrected chi connectivity index (χ3v) is 11.3. The first-order valence-corrected chi connectivity index (χ1v) is 20.5. The first kappa shape index (κ1) is 45.1. The van der Waals surface area contributed by atoms with Crippen molar-refractivity contribution < 1.29 is 23.9 Å². The van der Waals surface area contributed by atoms with Gasteiger partial charge in [0.05, 0.1) is 6.61 Å². The van der Waals surface area contributed by atoms with Gasteiger partial charge in [0.25, 0.3) is 0 Å². The molecule has 52 heavy (non-hydrogen) atoms. The molecule has 6 atom stereocenters. The van der Waals surface area contributed by atoms with Crippen molar-refractivity contribution >= 4 is 23.3 Å². The Hall–Kier alpha value is -3.08. The van der Waals surface area contributed by atoms with Crippen LogP contribution in [0.4, 0.5) is 0 Å². The molecule has 0 radical (unpaired) electrons. The van der Waals surface area contributed by atoms with E-state index in [1.165, 1.54) is 44.9 Å². The summed E-state index contributed by atoms with van der Waals surface area (Å²) in [5.41, 5.74) is 0.451. The summed E-state index contributed by atoms with van der Waals surface area (Å²) in [4.78, 5) is 52.1. The molecule has 2 aliphatic rings. The van der Waals surface area contributed by atoms with Crippen molar-refractivity contribution in [3.05, 3.63) is 72.4 Å². The van der Waals surface area contributed by atoms with Gasteiger partial charge in [-0.15, -0.1) is 0 Å². The van der Waals surface area contributed by atoms with Crippen molar-refractivity contribution in [1.29, 1.82) is 0 Å². The van der Waals surface area contributed by atoms with Crippen LogP contribution in [-0.4, -0.2) is 29.9 Å². The average molecular weight is 717 g/mol. The molecule has 0 aromatic heterocycles. The molecule has 5 nitrogen and oxygen atoms in total. The fourth-order valence-corrected chi connectivity index (χ4v) is 8.51. The van der Waals surface area contributed by atoms with E-state index in [4.69, 9.17) is 4.74 Å². The van der Waals surface area contributed by atoms with Gasteiger partial charge in [0.15, 0.2) is 11.6 Å². The number of allylic oxidation sites excluding steroid dienone is 6. The Balaban J connectivity index is 0.000000557. The Bertz CT molecular complexity index is 1330. The van der Waals surface area contributed by atoms with Crippen LogP contribution < -0.4 is 0 Å². The number of esters is 1. The van der Waals surface area contributed by atoms with E-state index in [2.05, 4.69) is 72.8 Å². The van der Waals surface area contributed by atoms with E-state index in [1.54, 1.807) is 30.3 Å². The van der Waals surface area contributed by atoms with E-state index in [0.717, 1.165) is 32.1 Å². The van der Waals surface area contributed by atoms with Crippen molar-refractivity contribution in [2.24, 2.45) is 46.3 Å². The monoisotopic (exact) mass is 717 g/mol. The van der Waals surface area contributed by atoms with Gasteiger partial charge in [-0.25, -0.2) is 0 Å². The molecule has 0 bridgehead atoms. The van der Waals surface area contributed by atoms with Crippen LogP contribution >= 0.6 is 0 Å². The number of benzene rings is 1. The summed E-state index contributed by atoms with van der Waals surface area (Å²) in [5, 5.41) is 0. The highest BCUT2D eigenvalue weighted by molar-refractivity contribution is 6.09. The molecular formula is C47H72O5. The number of rotatable bonds is 20. The van der Waals surface area contributed by atoms with Crippen LogP contribution in [0.5, 0.6) is 0 Å². The number of ketones is 3. The summed E-state index contributed by atoms with van der Waals surface area (Å²) in [6, 6.07) is 8.91. The van der Waals surface area contributed by atoms with Gasteiger partial charge >= 0.3 is 5.97 Å². The molecule has 0 saturated heterocycles. The Labute approximate surface area is 317 Å². The van der Waals surface area contributed by atoms with Gasteiger partial charge in [0.1, 0.15) is 11.7 Å². The second kappa shape index (κ2) is 22.9. The summed E-state index contributed by atoms with van der Waals surface area (Å²) < 4.78 is 5.65. The molecule has 0 amide bonds. The van der Waals surface area contributed by atoms with Crippen LogP contribution in [0.3, 0.4) is 0 Å². The van der Waals surface area contributed by atoms with Crippen LogP contribution in [0.1, 0.15) is 156 Å². The quantitative estimate of drug-likeness (QED) is 0.0335. The van der Waals surface area contributed by atoms with E-state index in [9.17, 15) is 19.2 Å². The average Bonchev–Trinajstić information content (AvgIpc) is 3.07. The highest BCUT2D eigenvalue weighted by Crippen LogP contribution is 2.43. The first-order chi connectivity index (χ1) is 24.7. The van der Waals surface area contributed by atoms with Crippen LogP contribution in [-0.2, 0) is 19.1 Å². The molecule has 1 aromatic carbocycles. The summed E-state index contributed by atoms with van der Waals surface area (Å²) >= 11 is 0. The maximum atomic E-state index is 13.5. The number of hydrogen-bond donors (Lipinski definition) is 0. The fourth-order valence-electron chi connectivity index (χ4n) is 8.51. The lowest BCUT2D eigenvalue weighted by Crippen LogP contribution is -2.40. The van der Waals surface area contributed by atoms with E-state index in [1.807, 2.05) is 26.0 Å². The molecule has 3 rings (SSSR count). The maximum Gasteiger partial charge on any atom is 0.317 e. The molecule has 6 unspecified atom stereocenters. The number of ether oxygens (including phenoxy) is 1. The topological polar surface area (TPSA) is 77.5 Å². The summed E-state index contributed by atoms with van der Waals surface area (Å²) in [5.74, 6) is -1.21. The minimum atomic E-state index is -0.970. The molecule has 0 aliphatic heterocycles. The molecule has 0 heterocycles. The smallest absolute Gasteiger partial charge is 0.317 e. The van der Waals surface area contributed by atoms with Crippen LogP contribution in [0.25, 0.3) is 0 Å². The van der Waals surface area contributed by atoms with Crippen molar-refractivity contribution in [3.8, 4) is 0 Å². The van der Waals surface area contributed by atoms with E-state index < -0.39 is 17.8 Å². The molecule has 0 saturated carbocycles. The van der Waals surface area contributed by atoms with Crippen LogP contribution in [0.2, 0.25) is 0 Å². The van der Waals surface area contributed by atoms with Crippen molar-refractivity contribution in [2.45, 2.75) is 146 Å². The third kappa shape index (κ3) is 14.4. The Morgan fingerprint density at radius 2 is 1.27 bits per heavy atom. The van der Waals surface area contributed by atoms with Crippen molar-refractivity contribution in [1.82, 2.24) is 0 Å². The Morgan fingerprint density at radius 1 is 0.769 bits per heavy atom. The van der Waals surface area contributed by atoms with E-state index in [0.29, 0.717) is 18.1 Å². The number of carbonyl (C=O) groups is 4. The van der Waals surface area contributed by atoms with Gasteiger partial charge in [0.2, 0.25) is 0 Å². The van der Waals surface area contributed by atoms with Crippen molar-refractivity contribution in [3.63, 3.8) is 0 Å². The Kier molecular flexibility index (Phi) is 19.8. The summed E-state index contributed by atoms with van der Waals surface area (Å²) in [6.45, 7) is 19.1. The predicted molar refractivity (Wildman–Crippen MR) is 216 cm³/mol. The molecular weight excluding hydrogens is 645 g/mol. The molecule has 0 spiro atoms. The minimum absolute atomic E-state index is 0.102. The van der Waals surface area contributed by atoms with Gasteiger partial charge in [0, 0.05) is 23.8 Å². The first-order valence-electron chi connectivity index (χ1n) is 20.5. The summed E-state index contributed by atoms with van der Waals surface area (Å²) in [7, 11) is 0. The molecule has 0 fully saturated rings. The van der Waals surface area contributed by atoms with Gasteiger partial charge in [-0.2, -0.15) is 0 Å². The maximum absolute atomic E-state index is 13.5. The molecule has 290 valence electrons. The molecule has 2 aliphatic carbocycles. The lowest BCUT2D eigenvalue weighted by Gasteiger charge is -2.39. The summed E-state index contributed by atoms with van der Waals surface area (Å²) in [6.07, 6.45) is 26.3. The van der Waals surface area contributed by atoms with Gasteiger partial charge in [-0.05, 0) is 60.8 Å². The van der Waals surface area contributed by atoms with E-state index in [-0.39, 0.29) is 52.4 Å². The standard InChI is InChI=1S/C34H52O4.C13H20O/c1-6-7-8-9-10-11-12-13-14-18-24-38-33(37)30(32(36)28-21-16-15-17-22-28)27(3)25-29(35)31-26(2)20-19-23-34(31,4)5;1-5-7-11(14)12-10(2)8-6-9-13(12,3)4/h15-17,19-22,26-27,30-31H,6-14,18,23-25H2,1-5H3;5-8,10,12H,9H2,1-4H3/b;7-5+. The number of carbonyl (C=O) groups excluding carboxylic acids is 4. The zero-order chi connectivity index (χ0) is 38.7. The fraction of sp³-hybridized carbons (Fsp3) is 0.660. The van der Waals surface area contributed by atoms with E-state index >= 15 is 0 Å². The van der Waals surface area contributed by atoms with Gasteiger partial charge in [-0.1, -0.05) is 174 Å². The number of Topliss-reactive ketones (excluding diaryl/α,β-unsaturated/α-hetero) is 2. The third-order valence-electron chi connectivity index (χ3n) is 11.3. The van der Waals surface area contributed by atoms with Crippen molar-refractivity contribution in [2.75, 3.05) is 6.61 Å². The number of hydrogen-bond acceptors (Lipinski definition) is 5. The van der Waals surface area contributed by atoms with Crippen LogP contribution in [0, 0.1) is 46.3 Å². The SMILES string of the molecule is C/C=C/C(=O)C1C(C)C=CCC1(C)C.CCCCCCCCCCCCOC(=O)C(C(=O)c1ccccc1)C(C)CC(=O)C1C(C)C=CCC1(C)C. The number of unbranched alkanes of at least 4 members (excludes halogenated alkanes) is 9. The highest BCUT2D eigenvalue weighted by Gasteiger charge is 2.42. The largest absolute Gasteiger partial charge is 0.465 e. The minimum Gasteiger partial charge on any atom is -0.465 e. The second-order valence-corrected chi connectivity index (χ2v) is 17.0. The molecule has 5 heteroatoms. The normalized spacial score (nSPS) is 22.9. The molecule has 0 N–H and O–H groups in total.